The summed E-state index contributed by atoms with van der Waals surface area (Å²) in [5, 5.41) is 3.18. The minimum atomic E-state index is -0.317. The fraction of sp³-hybridized carbons (Fsp3) is 0.143. The zero-order valence-corrected chi connectivity index (χ0v) is 15.8. The highest BCUT2D eigenvalue weighted by Gasteiger charge is 2.22. The molecule has 3 aliphatic rings. The lowest BCUT2D eigenvalue weighted by Crippen LogP contribution is -2.30. The van der Waals surface area contributed by atoms with E-state index in [-0.39, 0.29) is 24.2 Å². The minimum Gasteiger partial charge on any atom is -0.306 e. The molecule has 0 saturated heterocycles. The van der Waals surface area contributed by atoms with Crippen LogP contribution in [0.25, 0.3) is 5.57 Å². The lowest BCUT2D eigenvalue weighted by Gasteiger charge is -2.10. The van der Waals surface area contributed by atoms with Crippen LogP contribution >= 0.6 is 0 Å². The number of carbonyl (C=O) groups excluding carboxylic acids is 2. The summed E-state index contributed by atoms with van der Waals surface area (Å²) >= 11 is 0. The van der Waals surface area contributed by atoms with E-state index in [0.717, 1.165) is 5.70 Å². The molecule has 1 aliphatic carbocycles. The number of aliphatic imine (C=N–C) groups is 3. The lowest BCUT2D eigenvalue weighted by molar-refractivity contribution is -0.117. The second-order valence-corrected chi connectivity index (χ2v) is 6.49. The zero-order chi connectivity index (χ0) is 20.8. The number of hydrogen-bond donors (Lipinski definition) is 1. The van der Waals surface area contributed by atoms with Crippen LogP contribution < -0.4 is 16.0 Å². The molecule has 2 amide bonds. The second-order valence-electron chi connectivity index (χ2n) is 6.49. The summed E-state index contributed by atoms with van der Waals surface area (Å²) < 4.78 is 0. The first-order chi connectivity index (χ1) is 14.7. The summed E-state index contributed by atoms with van der Waals surface area (Å²) in [6.45, 7) is 0. The van der Waals surface area contributed by atoms with Crippen molar-refractivity contribution in [2.75, 3.05) is 5.32 Å². The van der Waals surface area contributed by atoms with E-state index in [1.165, 1.54) is 31.0 Å². The first kappa shape index (κ1) is 19.2. The van der Waals surface area contributed by atoms with E-state index in [1.54, 1.807) is 18.5 Å². The Labute approximate surface area is 171 Å². The van der Waals surface area contributed by atoms with E-state index in [4.69, 9.17) is 0 Å². The van der Waals surface area contributed by atoms with Gasteiger partial charge in [0.25, 0.3) is 5.91 Å². The van der Waals surface area contributed by atoms with E-state index < -0.39 is 0 Å². The molecule has 1 N–H and O–H groups in total. The highest BCUT2D eigenvalue weighted by Crippen LogP contribution is 2.18. The van der Waals surface area contributed by atoms with Gasteiger partial charge in [0.05, 0.1) is 10.8 Å². The molecule has 30 heavy (non-hydrogen) atoms. The van der Waals surface area contributed by atoms with Crippen molar-refractivity contribution < 1.29 is 9.59 Å². The van der Waals surface area contributed by atoms with Gasteiger partial charge in [-0.2, -0.15) is 0 Å². The number of anilines is 1. The average Bonchev–Trinajstić information content (AvgIpc) is 3.07. The molecule has 3 heterocycles. The Morgan fingerprint density at radius 1 is 1.07 bits per heavy atom. The Kier molecular flexibility index (Phi) is 5.70. The first-order valence-corrected chi connectivity index (χ1v) is 9.27. The smallest absolute Gasteiger partial charge is 0.259 e. The number of aromatic nitrogens is 2. The van der Waals surface area contributed by atoms with Gasteiger partial charge in [-0.1, -0.05) is 18.2 Å². The Balaban J connectivity index is 1.79. The van der Waals surface area contributed by atoms with Crippen LogP contribution in [0.4, 0.5) is 5.82 Å². The van der Waals surface area contributed by atoms with E-state index >= 15 is 0 Å². The van der Waals surface area contributed by atoms with Crippen molar-refractivity contribution in [3.8, 4) is 0 Å². The highest BCUT2D eigenvalue weighted by atomic mass is 16.2. The van der Waals surface area contributed by atoms with E-state index in [0.29, 0.717) is 28.5 Å². The molecule has 0 aromatic carbocycles. The molecule has 4 rings (SSSR count). The number of amides is 2. The van der Waals surface area contributed by atoms with Crippen LogP contribution in [0.2, 0.25) is 0 Å². The predicted molar refractivity (Wildman–Crippen MR) is 114 cm³/mol. The third-order valence-electron chi connectivity index (χ3n) is 4.37. The molecule has 0 saturated carbocycles. The van der Waals surface area contributed by atoms with Crippen LogP contribution in [0.15, 0.2) is 74.8 Å². The van der Waals surface area contributed by atoms with Crippen molar-refractivity contribution in [3.63, 3.8) is 0 Å². The number of nitrogens with zero attached hydrogens (tertiary/aromatic N) is 6. The Morgan fingerprint density at radius 3 is 2.93 bits per heavy atom. The topological polar surface area (TPSA) is 121 Å². The van der Waals surface area contributed by atoms with E-state index in [9.17, 15) is 9.59 Å². The Bertz CT molecular complexity index is 1220. The Morgan fingerprint density at radius 2 is 2.00 bits per heavy atom. The Hall–Kier alpha value is -4.14. The van der Waals surface area contributed by atoms with Crippen LogP contribution in [0, 0.1) is 5.92 Å². The summed E-state index contributed by atoms with van der Waals surface area (Å²) in [7, 11) is 0. The first-order valence-electron chi connectivity index (χ1n) is 9.27. The molecule has 9 heteroatoms. The molecular weight excluding hydrogens is 382 g/mol. The van der Waals surface area contributed by atoms with Crippen molar-refractivity contribution in [2.24, 2.45) is 25.9 Å². The standard InChI is InChI=1S/C21H17N7O2/c29-17-6-2-7-22-11-14-4-1-5-15(10-14)25-12-16-18-19(24-9-3-8-23-17)26-13-27-20(18)28-21(16)30/h1-5,7-9,11-14H,6,10H2,(H,24,26,27,28,30)/t14-/m0/s1. The van der Waals surface area contributed by atoms with Gasteiger partial charge in [-0.3, -0.25) is 19.6 Å². The molecule has 2 aliphatic heterocycles. The molecule has 2 bridgehead atoms. The lowest BCUT2D eigenvalue weighted by atomic mass is 10.00. The van der Waals surface area contributed by atoms with Crippen LogP contribution in [0.3, 0.4) is 0 Å². The summed E-state index contributed by atoms with van der Waals surface area (Å²) in [4.78, 5) is 49.3. The van der Waals surface area contributed by atoms with Gasteiger partial charge in [-0.05, 0) is 12.2 Å². The number of nitrogens with one attached hydrogen (secondary N) is 1. The quantitative estimate of drug-likeness (QED) is 0.694. The third kappa shape index (κ3) is 4.46. The van der Waals surface area contributed by atoms with Crippen molar-refractivity contribution >= 4 is 41.8 Å². The maximum Gasteiger partial charge on any atom is 0.259 e. The fourth-order valence-corrected chi connectivity index (χ4v) is 2.97. The van der Waals surface area contributed by atoms with E-state index in [1.807, 2.05) is 18.2 Å². The molecule has 1 aromatic rings. The van der Waals surface area contributed by atoms with Crippen LogP contribution in [0.5, 0.6) is 0 Å². The zero-order valence-electron chi connectivity index (χ0n) is 15.8. The number of fused-ring (bicyclic) bond motifs is 2. The van der Waals surface area contributed by atoms with Crippen molar-refractivity contribution in [1.82, 2.24) is 9.97 Å². The highest BCUT2D eigenvalue weighted by molar-refractivity contribution is 6.40. The fourth-order valence-electron chi connectivity index (χ4n) is 2.97. The molecular formula is C21H17N7O2. The molecule has 9 nitrogen and oxygen atoms in total. The SMILES string of the molecule is O=C1CC=CN=C[C@H]2C=CC=C(C2)N=CC2=c3c(ncnc3=NC=CC=N1)NC2=O. The van der Waals surface area contributed by atoms with Crippen molar-refractivity contribution in [3.05, 3.63) is 65.5 Å². The maximum absolute atomic E-state index is 12.4. The largest absolute Gasteiger partial charge is 0.306 e. The maximum atomic E-state index is 12.4. The van der Waals surface area contributed by atoms with Crippen molar-refractivity contribution in [2.45, 2.75) is 12.8 Å². The van der Waals surface area contributed by atoms with Gasteiger partial charge in [-0.25, -0.2) is 20.0 Å². The van der Waals surface area contributed by atoms with Gasteiger partial charge in [0.15, 0.2) is 5.49 Å². The van der Waals surface area contributed by atoms with Crippen molar-refractivity contribution in [1.29, 1.82) is 0 Å². The molecule has 148 valence electrons. The summed E-state index contributed by atoms with van der Waals surface area (Å²) in [5.74, 6) is -0.168. The van der Waals surface area contributed by atoms with Gasteiger partial charge in [0.1, 0.15) is 12.1 Å². The van der Waals surface area contributed by atoms with Gasteiger partial charge < -0.3 is 5.32 Å². The molecule has 1 aromatic heterocycles. The summed E-state index contributed by atoms with van der Waals surface area (Å²) in [6.07, 6.45) is 18.8. The minimum absolute atomic E-state index is 0.0652. The van der Waals surface area contributed by atoms with Gasteiger partial charge >= 0.3 is 0 Å². The number of rotatable bonds is 0. The third-order valence-corrected chi connectivity index (χ3v) is 4.37. The van der Waals surface area contributed by atoms with Crippen LogP contribution in [-0.4, -0.2) is 40.4 Å². The summed E-state index contributed by atoms with van der Waals surface area (Å²) in [6, 6.07) is 0. The normalized spacial score (nSPS) is 20.7. The van der Waals surface area contributed by atoms with Gasteiger partial charge in [0, 0.05) is 55.5 Å². The molecule has 0 unspecified atom stereocenters. The summed E-state index contributed by atoms with van der Waals surface area (Å²) in [5.41, 5.74) is 1.46. The number of hydrogen-bond acceptors (Lipinski definition) is 7. The molecule has 0 fully saturated rings. The molecule has 0 radical (unpaired) electrons. The van der Waals surface area contributed by atoms with Crippen LogP contribution in [0.1, 0.15) is 12.8 Å². The average molecular weight is 399 g/mol. The van der Waals surface area contributed by atoms with Crippen LogP contribution in [-0.2, 0) is 9.59 Å². The second kappa shape index (κ2) is 8.91. The predicted octanol–water partition coefficient (Wildman–Crippen LogP) is 0.829. The monoisotopic (exact) mass is 399 g/mol. The van der Waals surface area contributed by atoms with Gasteiger partial charge in [-0.15, -0.1) is 0 Å². The van der Waals surface area contributed by atoms with Gasteiger partial charge in [0.2, 0.25) is 5.91 Å². The molecule has 1 atom stereocenters. The number of carbonyl (C=O) groups is 2. The number of allylic oxidation sites excluding steroid dienone is 5. The van der Waals surface area contributed by atoms with E-state index in [2.05, 4.69) is 35.3 Å². The molecule has 0 spiro atoms.